The fourth-order valence-electron chi connectivity index (χ4n) is 3.63. The number of nitrogens with zero attached hydrogens (tertiary/aromatic N) is 2. The number of amides is 1. The average Bonchev–Trinajstić information content (AvgIpc) is 3.34. The topological polar surface area (TPSA) is 102 Å². The van der Waals surface area contributed by atoms with Gasteiger partial charge in [0, 0.05) is 11.6 Å². The Labute approximate surface area is 178 Å². The van der Waals surface area contributed by atoms with Crippen LogP contribution in [0.2, 0.25) is 0 Å². The molecular formula is C23H20N2O6. The standard InChI is InChI=1S/C23H20N2O6/c1-13-11-18(24-31-13)25-20(14-7-5-4-6-8-14)19(22(27)23(25)28)21(26)15-9-10-16(29-2)17(12-15)30-3/h4-12,20,26H,1-3H3. The van der Waals surface area contributed by atoms with Crippen LogP contribution in [-0.4, -0.2) is 36.2 Å². The van der Waals surface area contributed by atoms with Crippen molar-refractivity contribution in [2.45, 2.75) is 13.0 Å². The molecule has 0 radical (unpaired) electrons. The third kappa shape index (κ3) is 3.42. The maximum Gasteiger partial charge on any atom is 0.301 e. The van der Waals surface area contributed by atoms with Gasteiger partial charge in [0.1, 0.15) is 11.5 Å². The molecule has 0 bridgehead atoms. The summed E-state index contributed by atoms with van der Waals surface area (Å²) in [7, 11) is 2.97. The molecule has 3 aromatic rings. The molecule has 1 atom stereocenters. The van der Waals surface area contributed by atoms with Crippen molar-refractivity contribution in [3.63, 3.8) is 0 Å². The highest BCUT2D eigenvalue weighted by atomic mass is 16.5. The summed E-state index contributed by atoms with van der Waals surface area (Å²) in [5, 5.41) is 15.0. The number of ether oxygens (including phenoxy) is 2. The summed E-state index contributed by atoms with van der Waals surface area (Å²) >= 11 is 0. The fourth-order valence-corrected chi connectivity index (χ4v) is 3.63. The van der Waals surface area contributed by atoms with E-state index in [4.69, 9.17) is 14.0 Å². The van der Waals surface area contributed by atoms with E-state index >= 15 is 0 Å². The van der Waals surface area contributed by atoms with Crippen molar-refractivity contribution in [3.8, 4) is 11.5 Å². The Morgan fingerprint density at radius 3 is 2.35 bits per heavy atom. The quantitative estimate of drug-likeness (QED) is 0.382. The fraction of sp³-hybridized carbons (Fsp3) is 0.174. The molecule has 158 valence electrons. The molecular weight excluding hydrogens is 400 g/mol. The van der Waals surface area contributed by atoms with Crippen LogP contribution in [0.15, 0.2) is 64.7 Å². The normalized spacial score (nSPS) is 17.8. The first-order valence-electron chi connectivity index (χ1n) is 9.48. The predicted octanol–water partition coefficient (Wildman–Crippen LogP) is 3.63. The lowest BCUT2D eigenvalue weighted by atomic mass is 9.95. The number of benzene rings is 2. The van der Waals surface area contributed by atoms with Crippen molar-refractivity contribution in [2.75, 3.05) is 19.1 Å². The second kappa shape index (κ2) is 7.98. The molecule has 1 saturated heterocycles. The van der Waals surface area contributed by atoms with E-state index in [0.29, 0.717) is 28.4 Å². The van der Waals surface area contributed by atoms with Crippen molar-refractivity contribution < 1.29 is 28.7 Å². The number of carbonyl (C=O) groups is 2. The van der Waals surface area contributed by atoms with Gasteiger partial charge in [-0.25, -0.2) is 0 Å². The van der Waals surface area contributed by atoms with E-state index in [1.807, 2.05) is 6.07 Å². The van der Waals surface area contributed by atoms with Gasteiger partial charge < -0.3 is 19.1 Å². The number of hydrogen-bond acceptors (Lipinski definition) is 7. The number of Topliss-reactive ketones (excluding diaryl/α,β-unsaturated/α-hetero) is 1. The van der Waals surface area contributed by atoms with Crippen LogP contribution in [0.4, 0.5) is 5.82 Å². The molecule has 2 heterocycles. The zero-order chi connectivity index (χ0) is 22.1. The van der Waals surface area contributed by atoms with E-state index in [1.54, 1.807) is 55.5 Å². The molecule has 1 aromatic heterocycles. The van der Waals surface area contributed by atoms with Gasteiger partial charge in [0.25, 0.3) is 5.78 Å². The molecule has 1 aliphatic rings. The smallest absolute Gasteiger partial charge is 0.301 e. The molecule has 4 rings (SSSR count). The van der Waals surface area contributed by atoms with Crippen molar-refractivity contribution in [1.29, 1.82) is 0 Å². The van der Waals surface area contributed by atoms with Crippen LogP contribution < -0.4 is 14.4 Å². The molecule has 1 fully saturated rings. The number of anilines is 1. The molecule has 8 heteroatoms. The lowest BCUT2D eigenvalue weighted by Crippen LogP contribution is -2.29. The SMILES string of the molecule is COc1ccc(C(O)=C2C(=O)C(=O)N(c3cc(C)on3)C2c2ccccc2)cc1OC. The van der Waals surface area contributed by atoms with Gasteiger partial charge in [-0.1, -0.05) is 35.5 Å². The summed E-state index contributed by atoms with van der Waals surface area (Å²) in [5.74, 6) is -0.411. The first-order chi connectivity index (χ1) is 15.0. The molecule has 1 unspecified atom stereocenters. The maximum absolute atomic E-state index is 13.0. The van der Waals surface area contributed by atoms with E-state index in [2.05, 4.69) is 5.16 Å². The highest BCUT2D eigenvalue weighted by Gasteiger charge is 2.48. The largest absolute Gasteiger partial charge is 0.507 e. The summed E-state index contributed by atoms with van der Waals surface area (Å²) in [6.07, 6.45) is 0. The number of hydrogen-bond donors (Lipinski definition) is 1. The van der Waals surface area contributed by atoms with Crippen LogP contribution in [0.5, 0.6) is 11.5 Å². The summed E-state index contributed by atoms with van der Waals surface area (Å²) in [6, 6.07) is 14.4. The van der Waals surface area contributed by atoms with Gasteiger partial charge in [-0.05, 0) is 30.7 Å². The van der Waals surface area contributed by atoms with Crippen LogP contribution >= 0.6 is 0 Å². The van der Waals surface area contributed by atoms with E-state index in [1.165, 1.54) is 19.1 Å². The van der Waals surface area contributed by atoms with Crippen molar-refractivity contribution in [2.24, 2.45) is 0 Å². The molecule has 1 amide bonds. The van der Waals surface area contributed by atoms with E-state index in [9.17, 15) is 14.7 Å². The first kappa shape index (κ1) is 20.2. The van der Waals surface area contributed by atoms with Crippen molar-refractivity contribution >= 4 is 23.3 Å². The highest BCUT2D eigenvalue weighted by molar-refractivity contribution is 6.51. The zero-order valence-electron chi connectivity index (χ0n) is 17.2. The Kier molecular flexibility index (Phi) is 5.21. The van der Waals surface area contributed by atoms with Crippen LogP contribution in [-0.2, 0) is 9.59 Å². The first-order valence-corrected chi connectivity index (χ1v) is 9.48. The molecule has 8 nitrogen and oxygen atoms in total. The Morgan fingerprint density at radius 2 is 1.74 bits per heavy atom. The number of ketones is 1. The molecule has 1 N–H and O–H groups in total. The Balaban J connectivity index is 1.92. The number of carbonyl (C=O) groups excluding carboxylic acids is 2. The number of aliphatic hydroxyl groups is 1. The van der Waals surface area contributed by atoms with E-state index in [-0.39, 0.29) is 17.2 Å². The number of aromatic nitrogens is 1. The number of rotatable bonds is 5. The zero-order valence-corrected chi connectivity index (χ0v) is 17.2. The maximum atomic E-state index is 13.0. The summed E-state index contributed by atoms with van der Waals surface area (Å²) in [5.41, 5.74) is 0.904. The van der Waals surface area contributed by atoms with Gasteiger partial charge in [0.05, 0.1) is 25.8 Å². The van der Waals surface area contributed by atoms with Crippen molar-refractivity contribution in [3.05, 3.63) is 77.1 Å². The third-order valence-corrected chi connectivity index (χ3v) is 5.08. The van der Waals surface area contributed by atoms with Crippen molar-refractivity contribution in [1.82, 2.24) is 5.16 Å². The summed E-state index contributed by atoms with van der Waals surface area (Å²) < 4.78 is 15.6. The minimum atomic E-state index is -0.876. The van der Waals surface area contributed by atoms with Gasteiger partial charge in [-0.2, -0.15) is 0 Å². The minimum absolute atomic E-state index is 0.0518. The van der Waals surface area contributed by atoms with Gasteiger partial charge in [0.2, 0.25) is 0 Å². The van der Waals surface area contributed by atoms with Crippen LogP contribution in [0.3, 0.4) is 0 Å². The molecule has 0 spiro atoms. The van der Waals surface area contributed by atoms with E-state index in [0.717, 1.165) is 0 Å². The molecule has 0 aliphatic carbocycles. The molecule has 31 heavy (non-hydrogen) atoms. The third-order valence-electron chi connectivity index (χ3n) is 5.08. The molecule has 0 saturated carbocycles. The highest BCUT2D eigenvalue weighted by Crippen LogP contribution is 2.42. The second-order valence-electron chi connectivity index (χ2n) is 6.95. The Morgan fingerprint density at radius 1 is 1.03 bits per heavy atom. The lowest BCUT2D eigenvalue weighted by molar-refractivity contribution is -0.132. The Bertz CT molecular complexity index is 1180. The van der Waals surface area contributed by atoms with Crippen LogP contribution in [0.25, 0.3) is 5.76 Å². The van der Waals surface area contributed by atoms with Crippen LogP contribution in [0, 0.1) is 6.92 Å². The summed E-state index contributed by atoms with van der Waals surface area (Å²) in [6.45, 7) is 1.69. The molecule has 2 aromatic carbocycles. The van der Waals surface area contributed by atoms with Gasteiger partial charge in [0.15, 0.2) is 17.3 Å². The lowest BCUT2D eigenvalue weighted by Gasteiger charge is -2.22. The summed E-state index contributed by atoms with van der Waals surface area (Å²) in [4.78, 5) is 27.3. The monoisotopic (exact) mass is 420 g/mol. The number of methoxy groups -OCH3 is 2. The average molecular weight is 420 g/mol. The van der Waals surface area contributed by atoms with Gasteiger partial charge in [-0.3, -0.25) is 14.5 Å². The minimum Gasteiger partial charge on any atom is -0.507 e. The predicted molar refractivity (Wildman–Crippen MR) is 112 cm³/mol. The van der Waals surface area contributed by atoms with Crippen LogP contribution in [0.1, 0.15) is 22.9 Å². The number of aryl methyl sites for hydroxylation is 1. The van der Waals surface area contributed by atoms with Gasteiger partial charge >= 0.3 is 5.91 Å². The second-order valence-corrected chi connectivity index (χ2v) is 6.95. The Hall–Kier alpha value is -4.07. The number of aliphatic hydroxyl groups excluding tert-OH is 1. The molecule has 1 aliphatic heterocycles. The van der Waals surface area contributed by atoms with E-state index < -0.39 is 17.7 Å². The van der Waals surface area contributed by atoms with Gasteiger partial charge in [-0.15, -0.1) is 0 Å².